The molecule has 1 aromatic heterocycles. The van der Waals surface area contributed by atoms with Gasteiger partial charge in [-0.2, -0.15) is 0 Å². The number of nitrogens with one attached hydrogen (secondary N) is 1. The fourth-order valence-corrected chi connectivity index (χ4v) is 15.2. The molecule has 0 radical (unpaired) electrons. The van der Waals surface area contributed by atoms with Crippen molar-refractivity contribution >= 4 is 74.5 Å². The number of nitro groups is 1. The number of nitro benzene ring substituents is 1. The summed E-state index contributed by atoms with van der Waals surface area (Å²) in [5, 5.41) is 26.8. The number of aromatic nitrogens is 1. The van der Waals surface area contributed by atoms with E-state index in [-0.39, 0.29) is 36.3 Å². The molecule has 14 nitrogen and oxygen atoms in total. The first-order valence-corrected chi connectivity index (χ1v) is 29.9. The normalized spacial score (nSPS) is 18.4. The minimum Gasteiger partial charge on any atom is -0.396 e. The van der Waals surface area contributed by atoms with E-state index in [9.17, 15) is 28.2 Å². The van der Waals surface area contributed by atoms with Crippen molar-refractivity contribution in [3.05, 3.63) is 142 Å². The van der Waals surface area contributed by atoms with Crippen molar-refractivity contribution in [1.29, 1.82) is 0 Å². The van der Waals surface area contributed by atoms with Gasteiger partial charge in [0, 0.05) is 108 Å². The third-order valence-electron chi connectivity index (χ3n) is 14.4. The second kappa shape index (κ2) is 22.7. The molecule has 73 heavy (non-hydrogen) atoms. The number of piperidine rings is 1. The van der Waals surface area contributed by atoms with Crippen molar-refractivity contribution in [2.45, 2.75) is 61.9 Å². The van der Waals surface area contributed by atoms with Crippen molar-refractivity contribution in [2.75, 3.05) is 97.4 Å². The molecular formula is C55H65ClN7O7PS2. The SMILES string of the molecule is Cc1c(S(C)(=O)=O)c(-c2cccc(N3CCN(c4ccc(N5CCO[P@@]5(=O)c5ccc(N[C@H](CCN6CCC(CO)CC6)CSc6ccccc6)c([N+](=O)[O-])c5)cc4)CC3)c2)c(-c2ccc(Cl)cc2)n1C(C)C. The molecule has 0 saturated carbocycles. The molecule has 6 aromatic rings. The molecule has 18 heteroatoms. The van der Waals surface area contributed by atoms with Gasteiger partial charge in [-0.05, 0) is 143 Å². The second-order valence-corrected chi connectivity index (χ2v) is 25.4. The maximum atomic E-state index is 14.9. The number of nitrogens with zero attached hydrogens (tertiary/aromatic N) is 6. The molecule has 0 spiro atoms. The summed E-state index contributed by atoms with van der Waals surface area (Å²) in [6, 6.07) is 38.5. The van der Waals surface area contributed by atoms with E-state index in [2.05, 4.69) is 62.7 Å². The molecule has 3 saturated heterocycles. The molecule has 2 N–H and O–H groups in total. The summed E-state index contributed by atoms with van der Waals surface area (Å²) >= 11 is 8.01. The predicted molar refractivity (Wildman–Crippen MR) is 298 cm³/mol. The van der Waals surface area contributed by atoms with Crippen LogP contribution in [0.3, 0.4) is 0 Å². The Labute approximate surface area is 438 Å². The van der Waals surface area contributed by atoms with Crippen LogP contribution in [0.1, 0.15) is 44.8 Å². The van der Waals surface area contributed by atoms with Crippen LogP contribution in [-0.2, 0) is 18.9 Å². The maximum Gasteiger partial charge on any atom is 0.326 e. The van der Waals surface area contributed by atoms with E-state index in [0.29, 0.717) is 50.8 Å². The molecule has 3 fully saturated rings. The summed E-state index contributed by atoms with van der Waals surface area (Å²) in [6.45, 7) is 12.4. The zero-order valence-corrected chi connectivity index (χ0v) is 45.2. The Bertz CT molecular complexity index is 3050. The molecule has 386 valence electrons. The number of anilines is 4. The van der Waals surface area contributed by atoms with Crippen LogP contribution in [0.5, 0.6) is 0 Å². The molecule has 3 aliphatic rings. The Morgan fingerprint density at radius 2 is 1.51 bits per heavy atom. The predicted octanol–water partition coefficient (Wildman–Crippen LogP) is 11.0. The smallest absolute Gasteiger partial charge is 0.326 e. The zero-order valence-electron chi connectivity index (χ0n) is 41.9. The highest BCUT2D eigenvalue weighted by molar-refractivity contribution is 7.99. The first-order chi connectivity index (χ1) is 35.1. The Morgan fingerprint density at radius 3 is 2.15 bits per heavy atom. The number of likely N-dealkylation sites (tertiary alicyclic amines) is 1. The summed E-state index contributed by atoms with van der Waals surface area (Å²) in [6.07, 6.45) is 3.97. The Hall–Kier alpha value is -5.32. The topological polar surface area (TPSA) is 154 Å². The number of thioether (sulfide) groups is 1. The van der Waals surface area contributed by atoms with Gasteiger partial charge in [0.25, 0.3) is 5.69 Å². The lowest BCUT2D eigenvalue weighted by Gasteiger charge is -2.37. The van der Waals surface area contributed by atoms with Crippen LogP contribution >= 0.6 is 30.9 Å². The molecule has 5 aromatic carbocycles. The van der Waals surface area contributed by atoms with E-state index in [1.165, 1.54) is 12.3 Å². The highest BCUT2D eigenvalue weighted by atomic mass is 35.5. The van der Waals surface area contributed by atoms with Crippen LogP contribution < -0.4 is 25.1 Å². The highest BCUT2D eigenvalue weighted by Crippen LogP contribution is 2.56. The van der Waals surface area contributed by atoms with Gasteiger partial charge in [0.1, 0.15) is 5.69 Å². The van der Waals surface area contributed by atoms with Crippen LogP contribution in [-0.4, -0.2) is 112 Å². The van der Waals surface area contributed by atoms with Crippen LogP contribution in [0.4, 0.5) is 28.4 Å². The molecule has 0 bridgehead atoms. The lowest BCUT2D eigenvalue weighted by atomic mass is 9.97. The summed E-state index contributed by atoms with van der Waals surface area (Å²) in [4.78, 5) is 20.8. The molecule has 0 amide bonds. The van der Waals surface area contributed by atoms with Gasteiger partial charge in [-0.25, -0.2) is 8.42 Å². The molecule has 2 atom stereocenters. The third-order valence-corrected chi connectivity index (χ3v) is 19.6. The van der Waals surface area contributed by atoms with Gasteiger partial charge in [-0.1, -0.05) is 54.1 Å². The Balaban J connectivity index is 0.888. The average Bonchev–Trinajstić information content (AvgIpc) is 3.96. The van der Waals surface area contributed by atoms with Gasteiger partial charge in [-0.15, -0.1) is 11.8 Å². The average molecular weight is 1070 g/mol. The molecule has 0 aliphatic carbocycles. The van der Waals surface area contributed by atoms with Crippen molar-refractivity contribution in [1.82, 2.24) is 9.47 Å². The van der Waals surface area contributed by atoms with Gasteiger partial charge in [0.2, 0.25) is 0 Å². The number of hydrogen-bond acceptors (Lipinski definition) is 12. The molecular weight excluding hydrogens is 1000 g/mol. The third kappa shape index (κ3) is 11.7. The molecule has 0 unspecified atom stereocenters. The maximum absolute atomic E-state index is 14.9. The fourth-order valence-electron chi connectivity index (χ4n) is 10.6. The summed E-state index contributed by atoms with van der Waals surface area (Å²) in [5.41, 5.74) is 6.90. The van der Waals surface area contributed by atoms with E-state index in [0.717, 1.165) is 98.2 Å². The van der Waals surface area contributed by atoms with Crippen molar-refractivity contribution in [3.63, 3.8) is 0 Å². The second-order valence-electron chi connectivity index (χ2n) is 19.6. The van der Waals surface area contributed by atoms with E-state index < -0.39 is 22.3 Å². The number of hydrogen-bond donors (Lipinski definition) is 2. The number of sulfone groups is 1. The van der Waals surface area contributed by atoms with Crippen LogP contribution in [0, 0.1) is 23.0 Å². The van der Waals surface area contributed by atoms with Gasteiger partial charge in [-0.3, -0.25) is 19.3 Å². The lowest BCUT2D eigenvalue weighted by Crippen LogP contribution is -2.46. The Kier molecular flexibility index (Phi) is 16.3. The minimum absolute atomic E-state index is 0.0000585. The first kappa shape index (κ1) is 52.5. The van der Waals surface area contributed by atoms with Gasteiger partial charge >= 0.3 is 7.52 Å². The molecule has 4 heterocycles. The van der Waals surface area contributed by atoms with E-state index in [4.69, 9.17) is 16.1 Å². The van der Waals surface area contributed by atoms with Gasteiger partial charge in [0.15, 0.2) is 9.84 Å². The van der Waals surface area contributed by atoms with Crippen molar-refractivity contribution < 1.29 is 27.5 Å². The number of aliphatic hydroxyl groups excluding tert-OH is 1. The number of piperazine rings is 1. The van der Waals surface area contributed by atoms with Gasteiger partial charge < -0.3 is 34.2 Å². The summed E-state index contributed by atoms with van der Waals surface area (Å²) in [7, 11) is -7.33. The van der Waals surface area contributed by atoms with E-state index in [1.807, 2.05) is 85.8 Å². The van der Waals surface area contributed by atoms with Crippen LogP contribution in [0.25, 0.3) is 22.4 Å². The molecule has 3 aliphatic heterocycles. The lowest BCUT2D eigenvalue weighted by molar-refractivity contribution is -0.383. The molecule has 9 rings (SSSR count). The number of rotatable bonds is 18. The summed E-state index contributed by atoms with van der Waals surface area (Å²) < 4.78 is 51.9. The van der Waals surface area contributed by atoms with Crippen molar-refractivity contribution in [3.8, 4) is 22.4 Å². The van der Waals surface area contributed by atoms with Gasteiger partial charge in [0.05, 0.1) is 34.0 Å². The number of aliphatic hydroxyl groups is 1. The Morgan fingerprint density at radius 1 is 0.836 bits per heavy atom. The van der Waals surface area contributed by atoms with Crippen LogP contribution in [0.2, 0.25) is 5.02 Å². The van der Waals surface area contributed by atoms with Crippen molar-refractivity contribution in [2.24, 2.45) is 5.92 Å². The summed E-state index contributed by atoms with van der Waals surface area (Å²) in [5.74, 6) is 1.04. The first-order valence-electron chi connectivity index (χ1n) is 25.1. The standard InChI is InChI=1S/C55H65ClN7O7PS2/c1-39(2)62-40(3)55(73(4,68)69)53(54(62)42-13-15-44(56)16-14-42)43-9-8-10-48(35-43)60-31-29-59(30-32-60)46-17-19-47(20-18-46)61-33-34-70-71(61,67)49-21-22-51(52(36-49)63(65)66)57-45(38-72-50-11-6-5-7-12-50)25-28-58-26-23-41(37-64)24-27-58/h5-22,35-36,39,41,45,57,64H,23-34,37-38H2,1-4H3/t45-,71+/m1/s1. The number of halogens is 1. The minimum atomic E-state index is -3.71. The number of benzene rings is 5. The van der Waals surface area contributed by atoms with E-state index >= 15 is 0 Å². The van der Waals surface area contributed by atoms with E-state index in [1.54, 1.807) is 28.6 Å². The largest absolute Gasteiger partial charge is 0.396 e. The highest BCUT2D eigenvalue weighted by Gasteiger charge is 2.41. The quantitative estimate of drug-likeness (QED) is 0.0364. The fraction of sp³-hybridized carbons (Fsp3) is 0.382. The monoisotopic (exact) mass is 1070 g/mol. The zero-order chi connectivity index (χ0) is 51.4. The van der Waals surface area contributed by atoms with Crippen LogP contribution in [0.15, 0.2) is 131 Å².